The molecule has 2 N–H and O–H groups in total. The molecule has 31 heavy (non-hydrogen) atoms. The molecule has 0 aliphatic carbocycles. The first-order valence-corrected chi connectivity index (χ1v) is 11.2. The van der Waals surface area contributed by atoms with Crippen LogP contribution in [-0.4, -0.2) is 24.0 Å². The van der Waals surface area contributed by atoms with Crippen LogP contribution in [0.15, 0.2) is 41.3 Å². The minimum atomic E-state index is -4.51. The Morgan fingerprint density at radius 3 is 1.81 bits per heavy atom. The Morgan fingerprint density at radius 2 is 1.42 bits per heavy atom. The summed E-state index contributed by atoms with van der Waals surface area (Å²) < 4.78 is 33.0. The molecular weight excluding hydrogens is 425 g/mol. The molecule has 0 fully saturated rings. The zero-order valence-corrected chi connectivity index (χ0v) is 22.2. The first-order chi connectivity index (χ1) is 13.6. The summed E-state index contributed by atoms with van der Waals surface area (Å²) in [5, 5.41) is 13.5. The van der Waals surface area contributed by atoms with Crippen LogP contribution in [0.5, 0.6) is 5.75 Å². The third-order valence-corrected chi connectivity index (χ3v) is 5.70. The van der Waals surface area contributed by atoms with Crippen molar-refractivity contribution in [1.82, 2.24) is 0 Å². The summed E-state index contributed by atoms with van der Waals surface area (Å²) in [6.07, 6.45) is 0.713. The van der Waals surface area contributed by atoms with Crippen molar-refractivity contribution in [2.75, 3.05) is 5.32 Å². The first kappa shape index (κ1) is 27.7. The minimum Gasteiger partial charge on any atom is -0.744 e. The van der Waals surface area contributed by atoms with Crippen molar-refractivity contribution in [2.24, 2.45) is 0 Å². The molecule has 0 aliphatic rings. The Hall–Kier alpha value is -1.38. The van der Waals surface area contributed by atoms with Gasteiger partial charge in [0.25, 0.3) is 0 Å². The summed E-state index contributed by atoms with van der Waals surface area (Å²) in [4.78, 5) is 12.0. The van der Waals surface area contributed by atoms with E-state index < -0.39 is 10.1 Å². The maximum Gasteiger partial charge on any atom is 1.00 e. The van der Waals surface area contributed by atoms with Gasteiger partial charge in [0.2, 0.25) is 5.91 Å². The summed E-state index contributed by atoms with van der Waals surface area (Å²) in [7, 11) is -4.51. The zero-order valence-electron chi connectivity index (χ0n) is 19.4. The van der Waals surface area contributed by atoms with E-state index in [2.05, 4.69) is 5.32 Å². The van der Waals surface area contributed by atoms with E-state index in [0.29, 0.717) is 17.9 Å². The molecule has 2 aromatic rings. The zero-order chi connectivity index (χ0) is 22.9. The van der Waals surface area contributed by atoms with Gasteiger partial charge in [0, 0.05) is 12.1 Å². The van der Waals surface area contributed by atoms with Crippen LogP contribution in [0.1, 0.15) is 64.7 Å². The number of rotatable bonds is 5. The van der Waals surface area contributed by atoms with Crippen LogP contribution in [0.2, 0.25) is 0 Å². The molecule has 0 saturated carbocycles. The smallest absolute Gasteiger partial charge is 0.744 e. The van der Waals surface area contributed by atoms with Gasteiger partial charge in [-0.05, 0) is 58.2 Å². The molecule has 1 amide bonds. The van der Waals surface area contributed by atoms with Crippen LogP contribution in [-0.2, 0) is 32.2 Å². The number of aromatic hydroxyl groups is 1. The Kier molecular flexibility index (Phi) is 8.96. The van der Waals surface area contributed by atoms with Crippen molar-refractivity contribution in [3.8, 4) is 5.75 Å². The number of phenolic OH excluding ortho intramolecular Hbond substituents is 1. The van der Waals surface area contributed by atoms with Gasteiger partial charge in [0.15, 0.2) is 0 Å². The molecule has 0 saturated heterocycles. The number of phenols is 1. The predicted molar refractivity (Wildman–Crippen MR) is 117 cm³/mol. The second-order valence-corrected chi connectivity index (χ2v) is 10.9. The van der Waals surface area contributed by atoms with Gasteiger partial charge >= 0.3 is 29.6 Å². The van der Waals surface area contributed by atoms with Crippen molar-refractivity contribution in [1.29, 1.82) is 0 Å². The quantitative estimate of drug-likeness (QED) is 0.525. The number of carbonyl (C=O) groups excluding carboxylic acids is 1. The van der Waals surface area contributed by atoms with Gasteiger partial charge in [-0.1, -0.05) is 53.7 Å². The summed E-state index contributed by atoms with van der Waals surface area (Å²) in [5.41, 5.74) is 2.59. The van der Waals surface area contributed by atoms with Gasteiger partial charge in [-0.2, -0.15) is 0 Å². The topological polar surface area (TPSA) is 107 Å². The average Bonchev–Trinajstić information content (AvgIpc) is 2.58. The SMILES string of the molecule is CC(C)(C)c1cc(CCC(=O)Nc2ccc(S(=O)(=O)[O-])cc2)cc(C(C)(C)C)c1O.[Na+]. The Labute approximate surface area is 207 Å². The van der Waals surface area contributed by atoms with E-state index in [9.17, 15) is 22.9 Å². The first-order valence-electron chi connectivity index (χ1n) is 9.82. The van der Waals surface area contributed by atoms with E-state index in [4.69, 9.17) is 0 Å². The van der Waals surface area contributed by atoms with Gasteiger partial charge in [-0.3, -0.25) is 4.79 Å². The van der Waals surface area contributed by atoms with Crippen LogP contribution in [0.4, 0.5) is 5.69 Å². The number of carbonyl (C=O) groups is 1. The largest absolute Gasteiger partial charge is 1.00 e. The van der Waals surface area contributed by atoms with Crippen LogP contribution >= 0.6 is 0 Å². The number of hydrogen-bond acceptors (Lipinski definition) is 5. The molecule has 0 atom stereocenters. The van der Waals surface area contributed by atoms with Gasteiger partial charge in [-0.15, -0.1) is 0 Å². The maximum atomic E-state index is 12.4. The Balaban J connectivity index is 0.00000480. The Morgan fingerprint density at radius 1 is 0.968 bits per heavy atom. The van der Waals surface area contributed by atoms with Crippen LogP contribution in [0.25, 0.3) is 0 Å². The molecule has 2 aromatic carbocycles. The Bertz CT molecular complexity index is 998. The molecule has 0 spiro atoms. The third-order valence-electron chi connectivity index (χ3n) is 4.85. The molecule has 0 heterocycles. The van der Waals surface area contributed by atoms with Crippen molar-refractivity contribution in [2.45, 2.75) is 70.1 Å². The molecule has 0 aliphatic heterocycles. The third kappa shape index (κ3) is 7.61. The minimum absolute atomic E-state index is 0. The number of nitrogens with one attached hydrogen (secondary N) is 1. The summed E-state index contributed by atoms with van der Waals surface area (Å²) >= 11 is 0. The molecule has 0 bridgehead atoms. The monoisotopic (exact) mass is 455 g/mol. The van der Waals surface area contributed by atoms with Crippen LogP contribution in [0, 0.1) is 0 Å². The van der Waals surface area contributed by atoms with E-state index >= 15 is 0 Å². The number of hydrogen-bond donors (Lipinski definition) is 2. The molecular formula is C23H30NNaO5S. The number of aryl methyl sites for hydroxylation is 1. The standard InChI is InChI=1S/C23H31NO5S.Na/c1-22(2,3)18-13-15(14-19(21(18)26)23(4,5)6)7-12-20(25)24-16-8-10-17(11-9-16)30(27,28)29;/h8-11,13-14,26H,7,12H2,1-6H3,(H,24,25)(H,27,28,29);/q;+1/p-1. The van der Waals surface area contributed by atoms with Crippen molar-refractivity contribution < 1.29 is 52.4 Å². The molecule has 6 nitrogen and oxygen atoms in total. The fraction of sp³-hybridized carbons (Fsp3) is 0.435. The maximum absolute atomic E-state index is 12.4. The van der Waals surface area contributed by atoms with E-state index in [1.54, 1.807) is 0 Å². The van der Waals surface area contributed by atoms with Crippen molar-refractivity contribution in [3.05, 3.63) is 53.1 Å². The molecule has 2 rings (SSSR count). The van der Waals surface area contributed by atoms with E-state index in [-0.39, 0.29) is 57.6 Å². The number of benzene rings is 2. The summed E-state index contributed by atoms with van der Waals surface area (Å²) in [5.74, 6) is 0.0760. The van der Waals surface area contributed by atoms with Gasteiger partial charge in [0.05, 0.1) is 4.90 Å². The summed E-state index contributed by atoms with van der Waals surface area (Å²) in [6, 6.07) is 9.01. The fourth-order valence-corrected chi connectivity index (χ4v) is 3.64. The number of anilines is 1. The fourth-order valence-electron chi connectivity index (χ4n) is 3.17. The van der Waals surface area contributed by atoms with E-state index in [1.165, 1.54) is 24.3 Å². The van der Waals surface area contributed by atoms with Crippen LogP contribution in [0.3, 0.4) is 0 Å². The normalized spacial score (nSPS) is 12.2. The molecule has 164 valence electrons. The predicted octanol–water partition coefficient (Wildman–Crippen LogP) is 1.47. The van der Waals surface area contributed by atoms with Gasteiger partial charge in [0.1, 0.15) is 15.9 Å². The van der Waals surface area contributed by atoms with Gasteiger partial charge < -0.3 is 15.0 Å². The van der Waals surface area contributed by atoms with Crippen LogP contribution < -0.4 is 34.9 Å². The molecule has 0 unspecified atom stereocenters. The second kappa shape index (κ2) is 10.0. The molecule has 0 radical (unpaired) electrons. The van der Waals surface area contributed by atoms with E-state index in [1.807, 2.05) is 53.7 Å². The van der Waals surface area contributed by atoms with Gasteiger partial charge in [-0.25, -0.2) is 8.42 Å². The van der Waals surface area contributed by atoms with E-state index in [0.717, 1.165) is 16.7 Å². The summed E-state index contributed by atoms with van der Waals surface area (Å²) in [6.45, 7) is 12.2. The molecule has 8 heteroatoms. The second-order valence-electron chi connectivity index (χ2n) is 9.57. The molecule has 0 aromatic heterocycles. The average molecular weight is 456 g/mol. The number of amides is 1. The van der Waals surface area contributed by atoms with Crippen molar-refractivity contribution >= 4 is 21.7 Å². The van der Waals surface area contributed by atoms with Crippen molar-refractivity contribution in [3.63, 3.8) is 0 Å².